The maximum atomic E-state index is 12.1. The highest BCUT2D eigenvalue weighted by Gasteiger charge is 2.25. The van der Waals surface area contributed by atoms with Crippen molar-refractivity contribution >= 4 is 11.6 Å². The summed E-state index contributed by atoms with van der Waals surface area (Å²) in [6.45, 7) is 3.23. The van der Waals surface area contributed by atoms with Crippen LogP contribution in [0.1, 0.15) is 24.2 Å². The second-order valence-electron chi connectivity index (χ2n) is 4.75. The number of aliphatic hydroxyl groups is 1. The monoisotopic (exact) mass is 252 g/mol. The quantitative estimate of drug-likeness (QED) is 0.649. The Bertz CT molecular complexity index is 465. The Morgan fingerprint density at radius 1 is 1.44 bits per heavy atom. The van der Waals surface area contributed by atoms with Crippen LogP contribution in [0.5, 0.6) is 0 Å². The van der Waals surface area contributed by atoms with Crippen molar-refractivity contribution in [3.63, 3.8) is 0 Å². The Balaban J connectivity index is 3.01. The van der Waals surface area contributed by atoms with Gasteiger partial charge in [0.1, 0.15) is 5.56 Å². The number of nitro groups is 1. The van der Waals surface area contributed by atoms with Crippen molar-refractivity contribution in [1.82, 2.24) is 4.90 Å². The first-order valence-corrected chi connectivity index (χ1v) is 5.43. The van der Waals surface area contributed by atoms with Crippen LogP contribution in [0.25, 0.3) is 0 Å². The van der Waals surface area contributed by atoms with Crippen molar-refractivity contribution in [1.29, 1.82) is 0 Å². The minimum Gasteiger partial charge on any atom is -0.389 e. The third-order valence-corrected chi connectivity index (χ3v) is 2.30. The van der Waals surface area contributed by atoms with E-state index in [0.29, 0.717) is 0 Å². The fraction of sp³-hybridized carbons (Fsp3) is 0.417. The molecular formula is C12H16N2O4. The van der Waals surface area contributed by atoms with E-state index in [0.717, 1.165) is 0 Å². The molecular weight excluding hydrogens is 236 g/mol. The number of carbonyl (C=O) groups excluding carboxylic acids is 1. The summed E-state index contributed by atoms with van der Waals surface area (Å²) in [7, 11) is 1.50. The molecule has 0 saturated carbocycles. The van der Waals surface area contributed by atoms with E-state index in [1.54, 1.807) is 19.9 Å². The van der Waals surface area contributed by atoms with Gasteiger partial charge in [-0.15, -0.1) is 0 Å². The Hall–Kier alpha value is -1.95. The molecule has 1 aromatic rings. The van der Waals surface area contributed by atoms with E-state index in [1.165, 1.54) is 30.1 Å². The van der Waals surface area contributed by atoms with Crippen molar-refractivity contribution in [2.75, 3.05) is 13.6 Å². The van der Waals surface area contributed by atoms with E-state index in [4.69, 9.17) is 0 Å². The van der Waals surface area contributed by atoms with Gasteiger partial charge < -0.3 is 10.0 Å². The standard InChI is InChI=1S/C12H16N2O4/c1-12(2,16)8-13(3)11(15)9-6-4-5-7-10(9)14(17)18/h4-7,16H,8H2,1-3H3. The van der Waals surface area contributed by atoms with Crippen LogP contribution in [0.3, 0.4) is 0 Å². The van der Waals surface area contributed by atoms with Gasteiger partial charge in [0, 0.05) is 19.7 Å². The summed E-state index contributed by atoms with van der Waals surface area (Å²) in [5, 5.41) is 20.5. The highest BCUT2D eigenvalue weighted by Crippen LogP contribution is 2.19. The molecule has 1 amide bonds. The lowest BCUT2D eigenvalue weighted by atomic mass is 10.1. The SMILES string of the molecule is CN(CC(C)(C)O)C(=O)c1ccccc1[N+](=O)[O-]. The van der Waals surface area contributed by atoms with Gasteiger partial charge in [-0.3, -0.25) is 14.9 Å². The van der Waals surface area contributed by atoms with Gasteiger partial charge in [0.25, 0.3) is 11.6 Å². The van der Waals surface area contributed by atoms with E-state index < -0.39 is 16.4 Å². The number of nitro benzene ring substituents is 1. The van der Waals surface area contributed by atoms with E-state index in [2.05, 4.69) is 0 Å². The molecule has 0 aliphatic carbocycles. The van der Waals surface area contributed by atoms with Crippen molar-refractivity contribution in [2.45, 2.75) is 19.4 Å². The molecule has 0 aromatic heterocycles. The summed E-state index contributed by atoms with van der Waals surface area (Å²) in [5.74, 6) is -0.482. The first-order valence-electron chi connectivity index (χ1n) is 5.43. The summed E-state index contributed by atoms with van der Waals surface area (Å²) in [6.07, 6.45) is 0. The number of carbonyl (C=O) groups is 1. The molecule has 0 spiro atoms. The number of likely N-dealkylation sites (N-methyl/N-ethyl adjacent to an activating group) is 1. The third kappa shape index (κ3) is 3.53. The Labute approximate surface area is 105 Å². The number of hydrogen-bond donors (Lipinski definition) is 1. The average molecular weight is 252 g/mol. The fourth-order valence-corrected chi connectivity index (χ4v) is 1.67. The molecule has 0 aliphatic rings. The van der Waals surface area contributed by atoms with Crippen LogP contribution in [0.15, 0.2) is 24.3 Å². The number of nitrogens with zero attached hydrogens (tertiary/aromatic N) is 2. The minimum absolute atomic E-state index is 0.0225. The number of rotatable bonds is 4. The largest absolute Gasteiger partial charge is 0.389 e. The average Bonchev–Trinajstić information content (AvgIpc) is 2.25. The lowest BCUT2D eigenvalue weighted by Crippen LogP contribution is -2.39. The summed E-state index contributed by atoms with van der Waals surface area (Å²) < 4.78 is 0. The van der Waals surface area contributed by atoms with Crippen LogP contribution in [0, 0.1) is 10.1 Å². The number of amides is 1. The molecule has 0 bridgehead atoms. The van der Waals surface area contributed by atoms with Crippen molar-refractivity contribution < 1.29 is 14.8 Å². The lowest BCUT2D eigenvalue weighted by molar-refractivity contribution is -0.385. The van der Waals surface area contributed by atoms with Crippen molar-refractivity contribution in [3.05, 3.63) is 39.9 Å². The second kappa shape index (κ2) is 5.14. The fourth-order valence-electron chi connectivity index (χ4n) is 1.67. The Morgan fingerprint density at radius 2 is 2.00 bits per heavy atom. The van der Waals surface area contributed by atoms with Gasteiger partial charge in [0.2, 0.25) is 0 Å². The van der Waals surface area contributed by atoms with Crippen LogP contribution < -0.4 is 0 Å². The highest BCUT2D eigenvalue weighted by molar-refractivity contribution is 5.98. The zero-order valence-corrected chi connectivity index (χ0v) is 10.6. The lowest BCUT2D eigenvalue weighted by Gasteiger charge is -2.25. The van der Waals surface area contributed by atoms with E-state index in [-0.39, 0.29) is 17.8 Å². The molecule has 98 valence electrons. The number of para-hydroxylation sites is 1. The molecule has 18 heavy (non-hydrogen) atoms. The van der Waals surface area contributed by atoms with Gasteiger partial charge in [-0.2, -0.15) is 0 Å². The molecule has 1 N–H and O–H groups in total. The maximum absolute atomic E-state index is 12.1. The molecule has 6 heteroatoms. The molecule has 6 nitrogen and oxygen atoms in total. The van der Waals surface area contributed by atoms with Crippen molar-refractivity contribution in [2.24, 2.45) is 0 Å². The second-order valence-corrected chi connectivity index (χ2v) is 4.75. The van der Waals surface area contributed by atoms with Gasteiger partial charge in [-0.05, 0) is 19.9 Å². The molecule has 1 rings (SSSR count). The normalized spacial score (nSPS) is 11.1. The van der Waals surface area contributed by atoms with Crippen molar-refractivity contribution in [3.8, 4) is 0 Å². The zero-order valence-electron chi connectivity index (χ0n) is 10.6. The van der Waals surface area contributed by atoms with Gasteiger partial charge in [-0.1, -0.05) is 12.1 Å². The van der Waals surface area contributed by atoms with Gasteiger partial charge >= 0.3 is 0 Å². The summed E-state index contributed by atoms with van der Waals surface area (Å²) >= 11 is 0. The van der Waals surface area contributed by atoms with E-state index >= 15 is 0 Å². The summed E-state index contributed by atoms with van der Waals surface area (Å²) in [6, 6.07) is 5.76. The van der Waals surface area contributed by atoms with Crippen LogP contribution in [-0.2, 0) is 0 Å². The third-order valence-electron chi connectivity index (χ3n) is 2.30. The summed E-state index contributed by atoms with van der Waals surface area (Å²) in [5.41, 5.74) is -1.26. The van der Waals surface area contributed by atoms with E-state index in [9.17, 15) is 20.0 Å². The molecule has 0 heterocycles. The maximum Gasteiger partial charge on any atom is 0.282 e. The summed E-state index contributed by atoms with van der Waals surface area (Å²) in [4.78, 5) is 23.6. The molecule has 0 radical (unpaired) electrons. The Kier molecular flexibility index (Phi) is 4.03. The van der Waals surface area contributed by atoms with E-state index in [1.807, 2.05) is 0 Å². The van der Waals surface area contributed by atoms with Crippen LogP contribution >= 0.6 is 0 Å². The molecule has 0 aliphatic heterocycles. The predicted octanol–water partition coefficient (Wildman–Crippen LogP) is 1.44. The van der Waals surface area contributed by atoms with Gasteiger partial charge in [0.05, 0.1) is 10.5 Å². The van der Waals surface area contributed by atoms with Crippen LogP contribution in [0.4, 0.5) is 5.69 Å². The smallest absolute Gasteiger partial charge is 0.282 e. The van der Waals surface area contributed by atoms with Crippen LogP contribution in [-0.4, -0.2) is 40.0 Å². The Morgan fingerprint density at radius 3 is 2.50 bits per heavy atom. The first kappa shape index (κ1) is 14.1. The molecule has 0 atom stereocenters. The van der Waals surface area contributed by atoms with Gasteiger partial charge in [0.15, 0.2) is 0 Å². The highest BCUT2D eigenvalue weighted by atomic mass is 16.6. The van der Waals surface area contributed by atoms with Gasteiger partial charge in [-0.25, -0.2) is 0 Å². The number of hydrogen-bond acceptors (Lipinski definition) is 4. The molecule has 0 fully saturated rings. The molecule has 0 unspecified atom stereocenters. The molecule has 1 aromatic carbocycles. The molecule has 0 saturated heterocycles. The zero-order chi connectivity index (χ0) is 13.9. The number of benzene rings is 1. The topological polar surface area (TPSA) is 83.7 Å². The first-order chi connectivity index (χ1) is 8.22. The predicted molar refractivity (Wildman–Crippen MR) is 66.4 cm³/mol. The van der Waals surface area contributed by atoms with Crippen LogP contribution in [0.2, 0.25) is 0 Å². The minimum atomic E-state index is -1.05.